The summed E-state index contributed by atoms with van der Waals surface area (Å²) in [5, 5.41) is 0. The van der Waals surface area contributed by atoms with Crippen LogP contribution in [0.15, 0.2) is 59.5 Å². The lowest BCUT2D eigenvalue weighted by atomic mass is 10.0. The summed E-state index contributed by atoms with van der Waals surface area (Å²) in [6.07, 6.45) is -4.73. The number of methoxy groups -OCH3 is 1. The Morgan fingerprint density at radius 1 is 1.03 bits per heavy atom. The zero-order chi connectivity index (χ0) is 24.0. The lowest BCUT2D eigenvalue weighted by molar-refractivity contribution is -0.137. The second-order valence-electron chi connectivity index (χ2n) is 7.07. The van der Waals surface area contributed by atoms with E-state index in [0.29, 0.717) is 6.07 Å². The molecule has 1 heterocycles. The van der Waals surface area contributed by atoms with E-state index in [0.717, 1.165) is 34.6 Å². The Morgan fingerprint density at radius 3 is 2.48 bits per heavy atom. The number of halogens is 5. The standard InChI is InChI=1S/C22H16F5NO4S/c1-31-19-8-6-16(23)20(21(19)24)13-5-7-18-17(11-13)28(9-10-32-18)33(29,30)15-4-2-3-14(12-15)22(25,26)27/h2-8,11-12H,9-10H2,1H3. The third-order valence-electron chi connectivity index (χ3n) is 5.09. The highest BCUT2D eigenvalue weighted by Crippen LogP contribution is 2.41. The van der Waals surface area contributed by atoms with Crippen molar-refractivity contribution in [3.63, 3.8) is 0 Å². The fraction of sp³-hybridized carbons (Fsp3) is 0.182. The SMILES string of the molecule is COc1ccc(F)c(-c2ccc3c(c2)N(S(=O)(=O)c2cccc(C(F)(F)F)c2)CCO3)c1F. The van der Waals surface area contributed by atoms with Crippen LogP contribution in [0.25, 0.3) is 11.1 Å². The molecular weight excluding hydrogens is 469 g/mol. The maximum absolute atomic E-state index is 14.8. The predicted molar refractivity (Wildman–Crippen MR) is 110 cm³/mol. The van der Waals surface area contributed by atoms with Gasteiger partial charge in [-0.25, -0.2) is 17.2 Å². The van der Waals surface area contributed by atoms with E-state index in [2.05, 4.69) is 0 Å². The molecule has 0 N–H and O–H groups in total. The molecule has 1 aliphatic rings. The van der Waals surface area contributed by atoms with Crippen LogP contribution in [-0.4, -0.2) is 28.7 Å². The molecule has 0 spiro atoms. The molecule has 33 heavy (non-hydrogen) atoms. The Kier molecular flexibility index (Phi) is 5.69. The Hall–Kier alpha value is -3.34. The van der Waals surface area contributed by atoms with Gasteiger partial charge in [0.15, 0.2) is 11.6 Å². The summed E-state index contributed by atoms with van der Waals surface area (Å²) >= 11 is 0. The van der Waals surface area contributed by atoms with Gasteiger partial charge in [-0.2, -0.15) is 13.2 Å². The molecule has 11 heteroatoms. The number of benzene rings is 3. The van der Waals surface area contributed by atoms with Gasteiger partial charge in [0.2, 0.25) is 0 Å². The average Bonchev–Trinajstić information content (AvgIpc) is 2.78. The molecule has 0 fully saturated rings. The fourth-order valence-corrected chi connectivity index (χ4v) is 5.01. The second-order valence-corrected chi connectivity index (χ2v) is 8.93. The largest absolute Gasteiger partial charge is 0.494 e. The number of anilines is 1. The van der Waals surface area contributed by atoms with Gasteiger partial charge < -0.3 is 9.47 Å². The van der Waals surface area contributed by atoms with Gasteiger partial charge in [0.1, 0.15) is 18.2 Å². The molecule has 0 atom stereocenters. The van der Waals surface area contributed by atoms with Crippen LogP contribution in [0.2, 0.25) is 0 Å². The molecule has 0 unspecified atom stereocenters. The normalized spacial score (nSPS) is 13.9. The minimum Gasteiger partial charge on any atom is -0.494 e. The smallest absolute Gasteiger partial charge is 0.416 e. The number of hydrogen-bond acceptors (Lipinski definition) is 4. The zero-order valence-corrected chi connectivity index (χ0v) is 17.8. The van der Waals surface area contributed by atoms with Crippen molar-refractivity contribution in [3.8, 4) is 22.6 Å². The van der Waals surface area contributed by atoms with Gasteiger partial charge in [0, 0.05) is 0 Å². The van der Waals surface area contributed by atoms with E-state index in [1.165, 1.54) is 25.3 Å². The molecule has 0 aliphatic carbocycles. The average molecular weight is 485 g/mol. The first kappa shape index (κ1) is 22.8. The van der Waals surface area contributed by atoms with Crippen molar-refractivity contribution in [3.05, 3.63) is 71.8 Å². The van der Waals surface area contributed by atoms with Gasteiger partial charge >= 0.3 is 6.18 Å². The molecule has 174 valence electrons. The van der Waals surface area contributed by atoms with Gasteiger partial charge in [0.05, 0.1) is 35.4 Å². The molecule has 5 nitrogen and oxygen atoms in total. The summed E-state index contributed by atoms with van der Waals surface area (Å²) in [4.78, 5) is -0.575. The summed E-state index contributed by atoms with van der Waals surface area (Å²) < 4.78 is 106. The summed E-state index contributed by atoms with van der Waals surface area (Å²) in [5.74, 6) is -2.00. The van der Waals surface area contributed by atoms with Crippen molar-refractivity contribution in [2.75, 3.05) is 24.6 Å². The van der Waals surface area contributed by atoms with Crippen molar-refractivity contribution in [1.82, 2.24) is 0 Å². The molecule has 0 saturated heterocycles. The highest BCUT2D eigenvalue weighted by Gasteiger charge is 2.35. The Labute approximate surface area is 186 Å². The third-order valence-corrected chi connectivity index (χ3v) is 6.90. The van der Waals surface area contributed by atoms with Crippen molar-refractivity contribution in [2.45, 2.75) is 11.1 Å². The van der Waals surface area contributed by atoms with Crippen molar-refractivity contribution >= 4 is 15.7 Å². The van der Waals surface area contributed by atoms with E-state index < -0.39 is 43.9 Å². The molecule has 3 aromatic carbocycles. The molecular formula is C22H16F5NO4S. The summed E-state index contributed by atoms with van der Waals surface area (Å²) in [6.45, 7) is -0.273. The van der Waals surface area contributed by atoms with Crippen molar-refractivity contribution in [1.29, 1.82) is 0 Å². The minimum absolute atomic E-state index is 0.00241. The molecule has 0 saturated carbocycles. The molecule has 0 radical (unpaired) electrons. The fourth-order valence-electron chi connectivity index (χ4n) is 3.51. The minimum atomic E-state index is -4.73. The molecule has 0 aromatic heterocycles. The van der Waals surface area contributed by atoms with E-state index in [4.69, 9.17) is 9.47 Å². The van der Waals surface area contributed by atoms with Gasteiger partial charge in [-0.05, 0) is 48.0 Å². The molecule has 0 bridgehead atoms. The van der Waals surface area contributed by atoms with Gasteiger partial charge in [-0.1, -0.05) is 12.1 Å². The van der Waals surface area contributed by atoms with Crippen LogP contribution in [0.5, 0.6) is 11.5 Å². The quantitative estimate of drug-likeness (QED) is 0.474. The van der Waals surface area contributed by atoms with Crippen LogP contribution in [0, 0.1) is 11.6 Å². The van der Waals surface area contributed by atoms with Crippen LogP contribution in [0.3, 0.4) is 0 Å². The number of fused-ring (bicyclic) bond motifs is 1. The first-order valence-corrected chi connectivity index (χ1v) is 11.0. The molecule has 1 aliphatic heterocycles. The number of hydrogen-bond donors (Lipinski definition) is 0. The van der Waals surface area contributed by atoms with Crippen LogP contribution in [0.1, 0.15) is 5.56 Å². The Bertz CT molecular complexity index is 1320. The van der Waals surface area contributed by atoms with Crippen molar-refractivity contribution < 1.29 is 39.8 Å². The van der Waals surface area contributed by atoms with E-state index in [1.807, 2.05) is 0 Å². The number of nitrogens with zero attached hydrogens (tertiary/aromatic N) is 1. The molecule has 4 rings (SSSR count). The summed E-state index contributed by atoms with van der Waals surface area (Å²) in [7, 11) is -3.24. The number of ether oxygens (including phenoxy) is 2. The summed E-state index contributed by atoms with van der Waals surface area (Å²) in [5.41, 5.74) is -1.62. The molecule has 3 aromatic rings. The Morgan fingerprint density at radius 2 is 1.79 bits per heavy atom. The highest BCUT2D eigenvalue weighted by molar-refractivity contribution is 7.92. The maximum Gasteiger partial charge on any atom is 0.416 e. The monoisotopic (exact) mass is 485 g/mol. The lowest BCUT2D eigenvalue weighted by Crippen LogP contribution is -2.38. The molecule has 0 amide bonds. The number of alkyl halides is 3. The number of sulfonamides is 1. The van der Waals surface area contributed by atoms with Gasteiger partial charge in [0.25, 0.3) is 10.0 Å². The second kappa shape index (κ2) is 8.22. The van der Waals surface area contributed by atoms with E-state index in [-0.39, 0.29) is 35.9 Å². The van der Waals surface area contributed by atoms with E-state index in [9.17, 15) is 30.4 Å². The highest BCUT2D eigenvalue weighted by atomic mass is 32.2. The first-order valence-electron chi connectivity index (χ1n) is 9.53. The van der Waals surface area contributed by atoms with Crippen LogP contribution in [-0.2, 0) is 16.2 Å². The van der Waals surface area contributed by atoms with Gasteiger partial charge in [-0.15, -0.1) is 0 Å². The first-order chi connectivity index (χ1) is 15.5. The van der Waals surface area contributed by atoms with Gasteiger partial charge in [-0.3, -0.25) is 4.31 Å². The van der Waals surface area contributed by atoms with E-state index >= 15 is 0 Å². The lowest BCUT2D eigenvalue weighted by Gasteiger charge is -2.31. The third kappa shape index (κ3) is 4.08. The maximum atomic E-state index is 14.8. The van der Waals surface area contributed by atoms with Crippen LogP contribution >= 0.6 is 0 Å². The number of rotatable bonds is 4. The van der Waals surface area contributed by atoms with Crippen molar-refractivity contribution in [2.24, 2.45) is 0 Å². The zero-order valence-electron chi connectivity index (χ0n) is 17.0. The summed E-state index contributed by atoms with van der Waals surface area (Å²) in [6, 6.07) is 9.36. The van der Waals surface area contributed by atoms with E-state index in [1.54, 1.807) is 0 Å². The predicted octanol–water partition coefficient (Wildman–Crippen LogP) is 5.25. The Balaban J connectivity index is 1.84. The van der Waals surface area contributed by atoms with Crippen LogP contribution in [0.4, 0.5) is 27.6 Å². The topological polar surface area (TPSA) is 55.8 Å². The van der Waals surface area contributed by atoms with Crippen LogP contribution < -0.4 is 13.8 Å².